The summed E-state index contributed by atoms with van der Waals surface area (Å²) in [7, 11) is 0. The number of hydrogen-bond donors (Lipinski definition) is 1. The first kappa shape index (κ1) is 12.6. The third kappa shape index (κ3) is 4.84. The van der Waals surface area contributed by atoms with Crippen molar-refractivity contribution in [2.45, 2.75) is 25.6 Å². The van der Waals surface area contributed by atoms with E-state index in [4.69, 9.17) is 14.6 Å². The van der Waals surface area contributed by atoms with Gasteiger partial charge in [0, 0.05) is 6.42 Å². The molecule has 0 aliphatic carbocycles. The van der Waals surface area contributed by atoms with Gasteiger partial charge < -0.3 is 14.6 Å². The lowest BCUT2D eigenvalue weighted by Crippen LogP contribution is -2.21. The number of aliphatic hydroxyl groups excluding tert-OH is 1. The van der Waals surface area contributed by atoms with Crippen LogP contribution in [-0.4, -0.2) is 18.0 Å². The van der Waals surface area contributed by atoms with Crippen molar-refractivity contribution >= 4 is 0 Å². The van der Waals surface area contributed by atoms with Gasteiger partial charge in [0.15, 0.2) is 6.29 Å². The molecule has 0 aromatic rings. The fraction of sp³-hybridized carbons (Fsp3) is 0.385. The second kappa shape index (κ2) is 6.90. The van der Waals surface area contributed by atoms with Crippen LogP contribution in [0.2, 0.25) is 0 Å². The molecule has 1 rings (SSSR count). The summed E-state index contributed by atoms with van der Waals surface area (Å²) in [4.78, 5) is 0. The van der Waals surface area contributed by atoms with Crippen molar-refractivity contribution in [3.63, 3.8) is 0 Å². The molecule has 0 aromatic carbocycles. The Hall–Kier alpha value is -1.48. The molecule has 1 aliphatic rings. The van der Waals surface area contributed by atoms with Gasteiger partial charge in [0.1, 0.15) is 11.5 Å². The average Bonchev–Trinajstić information content (AvgIpc) is 2.27. The molecule has 0 aromatic heterocycles. The number of aliphatic hydroxyl groups is 1. The van der Waals surface area contributed by atoms with E-state index < -0.39 is 0 Å². The van der Waals surface area contributed by atoms with E-state index in [0.717, 1.165) is 25.9 Å². The summed E-state index contributed by atoms with van der Waals surface area (Å²) < 4.78 is 11.1. The predicted molar refractivity (Wildman–Crippen MR) is 63.9 cm³/mol. The number of allylic oxidation sites excluding steroid dienone is 4. The molecule has 0 bridgehead atoms. The van der Waals surface area contributed by atoms with Crippen LogP contribution in [0, 0.1) is 0 Å². The first-order valence-electron chi connectivity index (χ1n) is 5.39. The highest BCUT2D eigenvalue weighted by Gasteiger charge is 2.15. The highest BCUT2D eigenvalue weighted by atomic mass is 16.7. The molecular weight excluding hydrogens is 204 g/mol. The molecule has 1 aliphatic heterocycles. The third-order valence-electron chi connectivity index (χ3n) is 2.13. The molecule has 88 valence electrons. The van der Waals surface area contributed by atoms with Crippen molar-refractivity contribution < 1.29 is 14.6 Å². The summed E-state index contributed by atoms with van der Waals surface area (Å²) in [6, 6.07) is 0. The minimum atomic E-state index is -0.198. The van der Waals surface area contributed by atoms with Crippen LogP contribution in [0.4, 0.5) is 0 Å². The molecule has 3 heteroatoms. The van der Waals surface area contributed by atoms with Gasteiger partial charge in [0.05, 0.1) is 6.61 Å². The second-order valence-corrected chi connectivity index (χ2v) is 3.54. The monoisotopic (exact) mass is 222 g/mol. The summed E-state index contributed by atoms with van der Waals surface area (Å²) in [6.07, 6.45) is 9.35. The quantitative estimate of drug-likeness (QED) is 0.573. The fourth-order valence-corrected chi connectivity index (χ4v) is 1.38. The molecule has 0 unspecified atom stereocenters. The second-order valence-electron chi connectivity index (χ2n) is 3.54. The Morgan fingerprint density at radius 3 is 2.75 bits per heavy atom. The maximum absolute atomic E-state index is 8.95. The topological polar surface area (TPSA) is 38.7 Å². The van der Waals surface area contributed by atoms with Gasteiger partial charge in [0.2, 0.25) is 0 Å². The summed E-state index contributed by atoms with van der Waals surface area (Å²) in [5.74, 6) is 0.597. The van der Waals surface area contributed by atoms with Crippen molar-refractivity contribution in [1.29, 1.82) is 0 Å². The van der Waals surface area contributed by atoms with Crippen molar-refractivity contribution in [3.05, 3.63) is 49.0 Å². The molecule has 1 N–H and O–H groups in total. The Morgan fingerprint density at radius 2 is 2.19 bits per heavy atom. The third-order valence-corrected chi connectivity index (χ3v) is 2.13. The SMILES string of the molecule is C=C/C=C(\C=C/C(=C)O)O[C@H]1CCCCO1. The first-order valence-corrected chi connectivity index (χ1v) is 5.39. The van der Waals surface area contributed by atoms with Gasteiger partial charge in [-0.2, -0.15) is 0 Å². The molecule has 0 spiro atoms. The summed E-state index contributed by atoms with van der Waals surface area (Å²) >= 11 is 0. The predicted octanol–water partition coefficient (Wildman–Crippen LogP) is 3.23. The summed E-state index contributed by atoms with van der Waals surface area (Å²) in [6.45, 7) is 7.71. The van der Waals surface area contributed by atoms with E-state index in [-0.39, 0.29) is 12.0 Å². The largest absolute Gasteiger partial charge is 0.509 e. The first-order chi connectivity index (χ1) is 7.72. The Kier molecular flexibility index (Phi) is 5.43. The van der Waals surface area contributed by atoms with E-state index in [2.05, 4.69) is 13.2 Å². The van der Waals surface area contributed by atoms with Crippen molar-refractivity contribution in [2.75, 3.05) is 6.61 Å². The zero-order chi connectivity index (χ0) is 11.8. The normalized spacial score (nSPS) is 22.0. The highest BCUT2D eigenvalue weighted by Crippen LogP contribution is 2.17. The standard InChI is InChI=1S/C13H18O3/c1-3-6-12(9-8-11(2)14)16-13-7-4-5-10-15-13/h3,6,8-9,13-14H,1-2,4-5,7,10H2/b9-8-,12-6+/t13-/m0/s1. The van der Waals surface area contributed by atoms with Crippen LogP contribution in [0.25, 0.3) is 0 Å². The van der Waals surface area contributed by atoms with E-state index in [1.165, 1.54) is 6.08 Å². The molecule has 1 atom stereocenters. The van der Waals surface area contributed by atoms with Crippen LogP contribution in [0.15, 0.2) is 49.0 Å². The minimum absolute atomic E-state index is 0.0110. The van der Waals surface area contributed by atoms with Crippen molar-refractivity contribution in [2.24, 2.45) is 0 Å². The Labute approximate surface area is 96.4 Å². The van der Waals surface area contributed by atoms with Gasteiger partial charge in [-0.1, -0.05) is 19.2 Å². The molecule has 0 amide bonds. The van der Waals surface area contributed by atoms with Crippen LogP contribution in [-0.2, 0) is 9.47 Å². The van der Waals surface area contributed by atoms with Crippen LogP contribution in [0.1, 0.15) is 19.3 Å². The smallest absolute Gasteiger partial charge is 0.199 e. The van der Waals surface area contributed by atoms with Gasteiger partial charge in [-0.3, -0.25) is 0 Å². The lowest BCUT2D eigenvalue weighted by atomic mass is 10.2. The summed E-state index contributed by atoms with van der Waals surface area (Å²) in [5, 5.41) is 8.95. The summed E-state index contributed by atoms with van der Waals surface area (Å²) in [5.41, 5.74) is 0. The Balaban J connectivity index is 2.53. The number of hydrogen-bond acceptors (Lipinski definition) is 3. The fourth-order valence-electron chi connectivity index (χ4n) is 1.38. The molecule has 1 fully saturated rings. The van der Waals surface area contributed by atoms with E-state index in [1.54, 1.807) is 18.2 Å². The van der Waals surface area contributed by atoms with Gasteiger partial charge in [-0.05, 0) is 31.1 Å². The molecule has 16 heavy (non-hydrogen) atoms. The van der Waals surface area contributed by atoms with Gasteiger partial charge in [0.25, 0.3) is 0 Å². The van der Waals surface area contributed by atoms with Gasteiger partial charge in [-0.25, -0.2) is 0 Å². The van der Waals surface area contributed by atoms with Gasteiger partial charge in [-0.15, -0.1) is 0 Å². The lowest BCUT2D eigenvalue weighted by Gasteiger charge is -2.23. The molecular formula is C13H18O3. The van der Waals surface area contributed by atoms with Crippen LogP contribution in [0.3, 0.4) is 0 Å². The van der Waals surface area contributed by atoms with E-state index in [1.807, 2.05) is 0 Å². The molecule has 1 heterocycles. The highest BCUT2D eigenvalue weighted by molar-refractivity contribution is 5.22. The van der Waals surface area contributed by atoms with E-state index >= 15 is 0 Å². The van der Waals surface area contributed by atoms with Crippen molar-refractivity contribution in [3.8, 4) is 0 Å². The number of ether oxygens (including phenoxy) is 2. The van der Waals surface area contributed by atoms with Crippen LogP contribution < -0.4 is 0 Å². The molecule has 0 saturated carbocycles. The Bertz CT molecular complexity index is 296. The molecule has 0 radical (unpaired) electrons. The minimum Gasteiger partial charge on any atom is -0.509 e. The van der Waals surface area contributed by atoms with Crippen LogP contribution >= 0.6 is 0 Å². The number of rotatable bonds is 5. The molecule has 3 nitrogen and oxygen atoms in total. The zero-order valence-electron chi connectivity index (χ0n) is 9.39. The maximum atomic E-state index is 8.95. The van der Waals surface area contributed by atoms with E-state index in [9.17, 15) is 0 Å². The average molecular weight is 222 g/mol. The maximum Gasteiger partial charge on any atom is 0.199 e. The van der Waals surface area contributed by atoms with Gasteiger partial charge >= 0.3 is 0 Å². The van der Waals surface area contributed by atoms with Crippen LogP contribution in [0.5, 0.6) is 0 Å². The Morgan fingerprint density at radius 1 is 1.38 bits per heavy atom. The van der Waals surface area contributed by atoms with E-state index in [0.29, 0.717) is 5.76 Å². The zero-order valence-corrected chi connectivity index (χ0v) is 9.39. The molecule has 1 saturated heterocycles. The van der Waals surface area contributed by atoms with Crippen molar-refractivity contribution in [1.82, 2.24) is 0 Å². The lowest BCUT2D eigenvalue weighted by molar-refractivity contribution is -0.135.